The van der Waals surface area contributed by atoms with E-state index in [2.05, 4.69) is 9.97 Å². The topological polar surface area (TPSA) is 51.0 Å². The third kappa shape index (κ3) is 4.03. The third-order valence-electron chi connectivity index (χ3n) is 3.82. The molecule has 0 aliphatic heterocycles. The number of pyridine rings is 1. The molecule has 3 aromatic rings. The maximum Gasteiger partial charge on any atom is 0.276 e. The van der Waals surface area contributed by atoms with Gasteiger partial charge in [0.15, 0.2) is 0 Å². The van der Waals surface area contributed by atoms with Gasteiger partial charge in [0.1, 0.15) is 11.5 Å². The van der Waals surface area contributed by atoms with Crippen LogP contribution in [0.15, 0.2) is 59.9 Å². The summed E-state index contributed by atoms with van der Waals surface area (Å²) in [5.74, 6) is 1.38. The standard InChI is InChI=1S/C18H17ClN4OS/c1-22(14-4-3-9-20-10-14)18(24)16-11-21-17(23(16)2)12-25-15-7-5-13(19)6-8-15/h3-11H,12H2,1-2H3. The number of hydrogen-bond donors (Lipinski definition) is 0. The maximum atomic E-state index is 12.7. The van der Waals surface area contributed by atoms with Crippen LogP contribution in [0.2, 0.25) is 5.02 Å². The predicted molar refractivity (Wildman–Crippen MR) is 101 cm³/mol. The van der Waals surface area contributed by atoms with Gasteiger partial charge in [-0.05, 0) is 36.4 Å². The van der Waals surface area contributed by atoms with Gasteiger partial charge in [-0.1, -0.05) is 11.6 Å². The summed E-state index contributed by atoms with van der Waals surface area (Å²) in [5.41, 5.74) is 1.28. The average Bonchev–Trinajstić information content (AvgIpc) is 3.01. The zero-order valence-electron chi connectivity index (χ0n) is 13.9. The number of thioether (sulfide) groups is 1. The van der Waals surface area contributed by atoms with Gasteiger partial charge in [0.05, 0.1) is 23.8 Å². The van der Waals surface area contributed by atoms with Crippen LogP contribution in [0, 0.1) is 0 Å². The Labute approximate surface area is 155 Å². The molecule has 5 nitrogen and oxygen atoms in total. The lowest BCUT2D eigenvalue weighted by Crippen LogP contribution is -2.28. The first kappa shape index (κ1) is 17.5. The highest BCUT2D eigenvalue weighted by molar-refractivity contribution is 7.98. The molecule has 0 aliphatic carbocycles. The zero-order chi connectivity index (χ0) is 17.8. The first-order valence-corrected chi connectivity index (χ1v) is 8.99. The third-order valence-corrected chi connectivity index (χ3v) is 5.08. The van der Waals surface area contributed by atoms with Gasteiger partial charge in [0.2, 0.25) is 0 Å². The monoisotopic (exact) mass is 372 g/mol. The van der Waals surface area contributed by atoms with Crippen LogP contribution in [0.25, 0.3) is 0 Å². The SMILES string of the molecule is CN(C(=O)c1cnc(CSc2ccc(Cl)cc2)n1C)c1cccnc1. The van der Waals surface area contributed by atoms with E-state index in [0.29, 0.717) is 16.5 Å². The summed E-state index contributed by atoms with van der Waals surface area (Å²) < 4.78 is 1.83. The maximum absolute atomic E-state index is 12.7. The average molecular weight is 373 g/mol. The minimum absolute atomic E-state index is 0.120. The Balaban J connectivity index is 1.72. The molecule has 0 bridgehead atoms. The van der Waals surface area contributed by atoms with Crippen molar-refractivity contribution < 1.29 is 4.79 Å². The van der Waals surface area contributed by atoms with Gasteiger partial charge >= 0.3 is 0 Å². The molecular weight excluding hydrogens is 356 g/mol. The molecule has 1 amide bonds. The van der Waals surface area contributed by atoms with E-state index in [0.717, 1.165) is 16.4 Å². The number of carbonyl (C=O) groups is 1. The smallest absolute Gasteiger partial charge is 0.276 e. The Morgan fingerprint density at radius 3 is 2.68 bits per heavy atom. The summed E-state index contributed by atoms with van der Waals surface area (Å²) in [6, 6.07) is 11.3. The van der Waals surface area contributed by atoms with E-state index < -0.39 is 0 Å². The van der Waals surface area contributed by atoms with Gasteiger partial charge in [-0.15, -0.1) is 11.8 Å². The normalized spacial score (nSPS) is 10.7. The Morgan fingerprint density at radius 1 is 1.24 bits per heavy atom. The van der Waals surface area contributed by atoms with Crippen molar-refractivity contribution in [2.75, 3.05) is 11.9 Å². The van der Waals surface area contributed by atoms with E-state index in [9.17, 15) is 4.79 Å². The minimum Gasteiger partial charge on any atom is -0.326 e. The van der Waals surface area contributed by atoms with Crippen LogP contribution in [0.4, 0.5) is 5.69 Å². The van der Waals surface area contributed by atoms with Gasteiger partial charge in [0, 0.05) is 30.2 Å². The van der Waals surface area contributed by atoms with E-state index in [-0.39, 0.29) is 5.91 Å². The Morgan fingerprint density at radius 2 is 2.00 bits per heavy atom. The molecule has 0 saturated heterocycles. The molecule has 7 heteroatoms. The summed E-state index contributed by atoms with van der Waals surface area (Å²) in [5, 5.41) is 0.715. The summed E-state index contributed by atoms with van der Waals surface area (Å²) in [4.78, 5) is 23.8. The number of halogens is 1. The number of carbonyl (C=O) groups excluding carboxylic acids is 1. The van der Waals surface area contributed by atoms with E-state index in [1.807, 2.05) is 41.9 Å². The summed E-state index contributed by atoms with van der Waals surface area (Å²) >= 11 is 7.55. The van der Waals surface area contributed by atoms with Crippen molar-refractivity contribution in [1.82, 2.24) is 14.5 Å². The highest BCUT2D eigenvalue weighted by atomic mass is 35.5. The lowest BCUT2D eigenvalue weighted by molar-refractivity contribution is 0.0985. The van der Waals surface area contributed by atoms with E-state index in [1.54, 1.807) is 48.4 Å². The fourth-order valence-corrected chi connectivity index (χ4v) is 3.32. The molecule has 0 N–H and O–H groups in total. The van der Waals surface area contributed by atoms with Gasteiger partial charge < -0.3 is 9.47 Å². The van der Waals surface area contributed by atoms with Crippen LogP contribution in [0.5, 0.6) is 0 Å². The Bertz CT molecular complexity index is 865. The summed E-state index contributed by atoms with van der Waals surface area (Å²) in [6.07, 6.45) is 4.95. The molecular formula is C18H17ClN4OS. The van der Waals surface area contributed by atoms with Crippen molar-refractivity contribution >= 4 is 35.0 Å². The number of hydrogen-bond acceptors (Lipinski definition) is 4. The van der Waals surface area contributed by atoms with Crippen molar-refractivity contribution in [3.05, 3.63) is 71.5 Å². The van der Waals surface area contributed by atoms with Crippen LogP contribution >= 0.6 is 23.4 Å². The molecule has 2 aromatic heterocycles. The molecule has 128 valence electrons. The van der Waals surface area contributed by atoms with E-state index in [4.69, 9.17) is 11.6 Å². The van der Waals surface area contributed by atoms with Gasteiger partial charge in [0.25, 0.3) is 5.91 Å². The van der Waals surface area contributed by atoms with Crippen LogP contribution in [-0.4, -0.2) is 27.5 Å². The number of anilines is 1. The van der Waals surface area contributed by atoms with E-state index in [1.165, 1.54) is 0 Å². The minimum atomic E-state index is -0.120. The molecule has 0 aliphatic rings. The predicted octanol–water partition coefficient (Wildman–Crippen LogP) is 4.04. The number of aromatic nitrogens is 3. The van der Waals surface area contributed by atoms with E-state index >= 15 is 0 Å². The van der Waals surface area contributed by atoms with Crippen LogP contribution < -0.4 is 4.90 Å². The van der Waals surface area contributed by atoms with Crippen LogP contribution in [0.3, 0.4) is 0 Å². The fourth-order valence-electron chi connectivity index (χ4n) is 2.30. The van der Waals surface area contributed by atoms with Crippen LogP contribution in [-0.2, 0) is 12.8 Å². The highest BCUT2D eigenvalue weighted by Crippen LogP contribution is 2.24. The largest absolute Gasteiger partial charge is 0.326 e. The van der Waals surface area contributed by atoms with Crippen LogP contribution in [0.1, 0.15) is 16.3 Å². The number of imidazole rings is 1. The molecule has 1 aromatic carbocycles. The Hall–Kier alpha value is -2.31. The summed E-state index contributed by atoms with van der Waals surface area (Å²) in [6.45, 7) is 0. The lowest BCUT2D eigenvalue weighted by Gasteiger charge is -2.17. The molecule has 3 rings (SSSR count). The van der Waals surface area contributed by atoms with Gasteiger partial charge in [-0.2, -0.15) is 0 Å². The lowest BCUT2D eigenvalue weighted by atomic mass is 10.3. The van der Waals surface area contributed by atoms with Crippen molar-refractivity contribution in [3.8, 4) is 0 Å². The number of amides is 1. The quantitative estimate of drug-likeness (QED) is 0.634. The van der Waals surface area contributed by atoms with Crippen molar-refractivity contribution in [2.45, 2.75) is 10.6 Å². The molecule has 0 spiro atoms. The second-order valence-electron chi connectivity index (χ2n) is 5.44. The number of nitrogens with zero attached hydrogens (tertiary/aromatic N) is 4. The van der Waals surface area contributed by atoms with Crippen molar-refractivity contribution in [2.24, 2.45) is 7.05 Å². The summed E-state index contributed by atoms with van der Waals surface area (Å²) in [7, 11) is 3.59. The molecule has 2 heterocycles. The van der Waals surface area contributed by atoms with Gasteiger partial charge in [-0.3, -0.25) is 9.78 Å². The number of rotatable bonds is 5. The molecule has 0 fully saturated rings. The molecule has 0 saturated carbocycles. The second kappa shape index (κ2) is 7.72. The number of benzene rings is 1. The molecule has 0 radical (unpaired) electrons. The molecule has 0 atom stereocenters. The highest BCUT2D eigenvalue weighted by Gasteiger charge is 2.19. The zero-order valence-corrected chi connectivity index (χ0v) is 15.5. The molecule has 0 unspecified atom stereocenters. The first-order valence-electron chi connectivity index (χ1n) is 7.63. The Kier molecular flexibility index (Phi) is 5.40. The van der Waals surface area contributed by atoms with Crippen molar-refractivity contribution in [3.63, 3.8) is 0 Å². The molecule has 25 heavy (non-hydrogen) atoms. The second-order valence-corrected chi connectivity index (χ2v) is 6.92. The fraction of sp³-hybridized carbons (Fsp3) is 0.167. The first-order chi connectivity index (χ1) is 12.1. The van der Waals surface area contributed by atoms with Gasteiger partial charge in [-0.25, -0.2) is 4.98 Å². The van der Waals surface area contributed by atoms with Crippen molar-refractivity contribution in [1.29, 1.82) is 0 Å².